The van der Waals surface area contributed by atoms with E-state index in [2.05, 4.69) is 4.98 Å². The number of hydrogen-bond donors (Lipinski definition) is 0. The van der Waals surface area contributed by atoms with Gasteiger partial charge in [0.25, 0.3) is 0 Å². The van der Waals surface area contributed by atoms with Crippen LogP contribution in [0.1, 0.15) is 41.9 Å². The van der Waals surface area contributed by atoms with Crippen LogP contribution in [0.25, 0.3) is 16.7 Å². The minimum absolute atomic E-state index is 0.0660. The third kappa shape index (κ3) is 2.40. The molecule has 1 saturated carbocycles. The largest absolute Gasteiger partial charge is 0.460 e. The van der Waals surface area contributed by atoms with Gasteiger partial charge in [0.1, 0.15) is 11.4 Å². The molecule has 1 aliphatic carbocycles. The molecule has 2 aromatic heterocycles. The number of rotatable bonds is 4. The molecule has 6 heteroatoms. The summed E-state index contributed by atoms with van der Waals surface area (Å²) in [6.07, 6.45) is 5.69. The van der Waals surface area contributed by atoms with Crippen LogP contribution in [0.4, 0.5) is 4.39 Å². The van der Waals surface area contributed by atoms with Crippen molar-refractivity contribution in [1.82, 2.24) is 9.55 Å². The average Bonchev–Trinajstić information content (AvgIpc) is 3.11. The Labute approximate surface area is 131 Å². The predicted octanol–water partition coefficient (Wildman–Crippen LogP) is 3.81. The number of benzene rings is 1. The normalized spacial score (nSPS) is 14.3. The van der Waals surface area contributed by atoms with Gasteiger partial charge in [0, 0.05) is 23.6 Å². The molecule has 3 aromatic rings. The molecule has 1 fully saturated rings. The third-order valence-corrected chi connectivity index (χ3v) is 3.96. The van der Waals surface area contributed by atoms with Crippen LogP contribution in [0.3, 0.4) is 0 Å². The summed E-state index contributed by atoms with van der Waals surface area (Å²) < 4.78 is 26.5. The number of nitrogens with zero attached hydrogens (tertiary/aromatic N) is 2. The van der Waals surface area contributed by atoms with Gasteiger partial charge < -0.3 is 13.7 Å². The molecule has 1 aromatic carbocycles. The number of ether oxygens (including phenoxy) is 1. The third-order valence-electron chi connectivity index (χ3n) is 3.96. The molecule has 4 rings (SSSR count). The lowest BCUT2D eigenvalue weighted by Gasteiger charge is -2.04. The number of halogens is 1. The molecule has 23 heavy (non-hydrogen) atoms. The maximum atomic E-state index is 14.4. The first kappa shape index (κ1) is 14.0. The summed E-state index contributed by atoms with van der Waals surface area (Å²) in [5.74, 6) is -0.401. The Kier molecular flexibility index (Phi) is 3.18. The fourth-order valence-corrected chi connectivity index (χ4v) is 2.69. The molecule has 2 heterocycles. The second-order valence-electron chi connectivity index (χ2n) is 5.62. The Bertz CT molecular complexity index is 893. The molecular formula is C17H15FN2O3. The first-order valence-corrected chi connectivity index (χ1v) is 7.60. The van der Waals surface area contributed by atoms with Crippen molar-refractivity contribution in [3.05, 3.63) is 48.0 Å². The molecule has 0 atom stereocenters. The summed E-state index contributed by atoms with van der Waals surface area (Å²) in [7, 11) is 0. The number of carbonyl (C=O) groups is 1. The van der Waals surface area contributed by atoms with E-state index in [9.17, 15) is 9.18 Å². The van der Waals surface area contributed by atoms with E-state index in [0.29, 0.717) is 22.6 Å². The number of carbonyl (C=O) groups excluding carboxylic acids is 1. The van der Waals surface area contributed by atoms with E-state index in [1.807, 2.05) is 6.20 Å². The fraction of sp³-hybridized carbons (Fsp3) is 0.294. The van der Waals surface area contributed by atoms with Gasteiger partial charge in [-0.3, -0.25) is 0 Å². The van der Waals surface area contributed by atoms with Gasteiger partial charge in [-0.2, -0.15) is 0 Å². The minimum Gasteiger partial charge on any atom is -0.460 e. The van der Waals surface area contributed by atoms with Gasteiger partial charge in [0.2, 0.25) is 5.76 Å². The number of imidazole rings is 1. The molecule has 0 N–H and O–H groups in total. The van der Waals surface area contributed by atoms with Gasteiger partial charge in [-0.15, -0.1) is 0 Å². The Morgan fingerprint density at radius 3 is 3.04 bits per heavy atom. The number of fused-ring (bicyclic) bond motifs is 1. The van der Waals surface area contributed by atoms with Crippen LogP contribution < -0.4 is 0 Å². The molecule has 0 aliphatic heterocycles. The molecule has 1 aliphatic rings. The molecule has 0 spiro atoms. The van der Waals surface area contributed by atoms with E-state index in [1.165, 1.54) is 18.2 Å². The van der Waals surface area contributed by atoms with Crippen molar-refractivity contribution in [2.75, 3.05) is 6.61 Å². The Morgan fingerprint density at radius 2 is 2.30 bits per heavy atom. The van der Waals surface area contributed by atoms with Gasteiger partial charge in [-0.25, -0.2) is 14.2 Å². The highest BCUT2D eigenvalue weighted by Crippen LogP contribution is 2.39. The zero-order valence-corrected chi connectivity index (χ0v) is 12.6. The quantitative estimate of drug-likeness (QED) is 0.687. The Balaban J connectivity index is 1.83. The molecular weight excluding hydrogens is 299 g/mol. The lowest BCUT2D eigenvalue weighted by molar-refractivity contribution is 0.0492. The molecule has 0 saturated heterocycles. The van der Waals surface area contributed by atoms with Crippen molar-refractivity contribution in [3.63, 3.8) is 0 Å². The zero-order valence-electron chi connectivity index (χ0n) is 12.6. The maximum Gasteiger partial charge on any atom is 0.374 e. The van der Waals surface area contributed by atoms with E-state index in [4.69, 9.17) is 9.15 Å². The fourth-order valence-electron chi connectivity index (χ4n) is 2.69. The Morgan fingerprint density at radius 1 is 1.48 bits per heavy atom. The maximum absolute atomic E-state index is 14.4. The van der Waals surface area contributed by atoms with Gasteiger partial charge in [-0.05, 0) is 31.9 Å². The van der Waals surface area contributed by atoms with Gasteiger partial charge >= 0.3 is 5.97 Å². The number of aromatic nitrogens is 2. The first-order valence-electron chi connectivity index (χ1n) is 7.60. The van der Waals surface area contributed by atoms with Crippen molar-refractivity contribution >= 4 is 16.9 Å². The molecule has 5 nitrogen and oxygen atoms in total. The zero-order chi connectivity index (χ0) is 16.0. The number of hydrogen-bond acceptors (Lipinski definition) is 4. The van der Waals surface area contributed by atoms with E-state index < -0.39 is 11.8 Å². The van der Waals surface area contributed by atoms with Crippen molar-refractivity contribution in [3.8, 4) is 5.69 Å². The van der Waals surface area contributed by atoms with Crippen LogP contribution in [0.2, 0.25) is 0 Å². The van der Waals surface area contributed by atoms with Gasteiger partial charge in [0.15, 0.2) is 0 Å². The molecule has 0 bridgehead atoms. The lowest BCUT2D eigenvalue weighted by Crippen LogP contribution is -2.02. The molecule has 0 amide bonds. The summed E-state index contributed by atoms with van der Waals surface area (Å²) in [5, 5.41) is 0.521. The van der Waals surface area contributed by atoms with Crippen LogP contribution in [0, 0.1) is 5.82 Å². The first-order chi connectivity index (χ1) is 11.2. The summed E-state index contributed by atoms with van der Waals surface area (Å²) >= 11 is 0. The molecule has 0 radical (unpaired) electrons. The predicted molar refractivity (Wildman–Crippen MR) is 81.2 cm³/mol. The number of esters is 1. The van der Waals surface area contributed by atoms with Crippen molar-refractivity contribution in [1.29, 1.82) is 0 Å². The van der Waals surface area contributed by atoms with Crippen LogP contribution in [0.5, 0.6) is 0 Å². The second kappa shape index (κ2) is 5.22. The van der Waals surface area contributed by atoms with E-state index in [-0.39, 0.29) is 12.4 Å². The van der Waals surface area contributed by atoms with E-state index >= 15 is 0 Å². The topological polar surface area (TPSA) is 57.3 Å². The van der Waals surface area contributed by atoms with E-state index in [1.54, 1.807) is 17.8 Å². The lowest BCUT2D eigenvalue weighted by atomic mass is 10.2. The van der Waals surface area contributed by atoms with Gasteiger partial charge in [0.05, 0.1) is 24.3 Å². The standard InChI is InChI=1S/C17H15FN2O3/c1-2-22-17(21)15-7-11-14(23-15)6-5-12(18)16(11)20-8-13(19-9-20)10-3-4-10/h5-10H,2-4H2,1H3. The highest BCUT2D eigenvalue weighted by molar-refractivity contribution is 5.95. The smallest absolute Gasteiger partial charge is 0.374 e. The Hall–Kier alpha value is -2.63. The molecule has 118 valence electrons. The second-order valence-corrected chi connectivity index (χ2v) is 5.62. The van der Waals surface area contributed by atoms with Crippen LogP contribution in [0.15, 0.2) is 35.1 Å². The van der Waals surface area contributed by atoms with Crippen molar-refractivity contribution in [2.45, 2.75) is 25.7 Å². The highest BCUT2D eigenvalue weighted by atomic mass is 19.1. The SMILES string of the molecule is CCOC(=O)c1cc2c(-n3cnc(C4CC4)c3)c(F)ccc2o1. The summed E-state index contributed by atoms with van der Waals surface area (Å²) in [5.41, 5.74) is 1.74. The summed E-state index contributed by atoms with van der Waals surface area (Å²) in [6.45, 7) is 1.97. The number of furan rings is 1. The van der Waals surface area contributed by atoms with Crippen LogP contribution in [-0.2, 0) is 4.74 Å². The summed E-state index contributed by atoms with van der Waals surface area (Å²) in [6, 6.07) is 4.35. The average molecular weight is 314 g/mol. The summed E-state index contributed by atoms with van der Waals surface area (Å²) in [4.78, 5) is 16.2. The van der Waals surface area contributed by atoms with E-state index in [0.717, 1.165) is 18.5 Å². The molecule has 0 unspecified atom stereocenters. The monoisotopic (exact) mass is 314 g/mol. The van der Waals surface area contributed by atoms with Crippen molar-refractivity contribution < 1.29 is 18.3 Å². The van der Waals surface area contributed by atoms with Crippen LogP contribution in [-0.4, -0.2) is 22.1 Å². The van der Waals surface area contributed by atoms with Gasteiger partial charge in [-0.1, -0.05) is 0 Å². The highest BCUT2D eigenvalue weighted by Gasteiger charge is 2.26. The minimum atomic E-state index is -0.556. The van der Waals surface area contributed by atoms with Crippen molar-refractivity contribution in [2.24, 2.45) is 0 Å². The van der Waals surface area contributed by atoms with Crippen LogP contribution >= 0.6 is 0 Å².